The van der Waals surface area contributed by atoms with Crippen molar-refractivity contribution in [3.05, 3.63) is 29.3 Å². The molecule has 1 fully saturated rings. The fraction of sp³-hybridized carbons (Fsp3) is 0.600. The molecule has 3 heterocycles. The van der Waals surface area contributed by atoms with E-state index in [0.29, 0.717) is 5.69 Å². The number of hydrogen-bond donors (Lipinski definition) is 4. The van der Waals surface area contributed by atoms with Crippen LogP contribution in [0.15, 0.2) is 12.3 Å². The summed E-state index contributed by atoms with van der Waals surface area (Å²) in [6, 6.07) is -0.157. The van der Waals surface area contributed by atoms with Gasteiger partial charge in [0.25, 0.3) is 0 Å². The number of nitrogens with one attached hydrogen (secondary N) is 1. The summed E-state index contributed by atoms with van der Waals surface area (Å²) in [5, 5.41) is 39.2. The van der Waals surface area contributed by atoms with Crippen molar-refractivity contribution in [2.75, 3.05) is 18.5 Å². The smallest absolute Gasteiger partial charge is 0.394 e. The molecule has 1 saturated heterocycles. The summed E-state index contributed by atoms with van der Waals surface area (Å²) in [6.07, 6.45) is -6.96. The number of aliphatic hydroxyl groups is 3. The first-order valence-corrected chi connectivity index (χ1v) is 8.33. The number of halogens is 3. The topological polar surface area (TPSA) is 138 Å². The fourth-order valence-corrected chi connectivity index (χ4v) is 2.80. The quantitative estimate of drug-likeness (QED) is 0.500. The number of aromatic nitrogens is 5. The second-order valence-electron chi connectivity index (χ2n) is 6.41. The molecular formula is C15H19F3N6O4. The first kappa shape index (κ1) is 20.4. The number of anilines is 1. The van der Waals surface area contributed by atoms with Gasteiger partial charge in [0, 0.05) is 19.7 Å². The molecule has 13 heteroatoms. The summed E-state index contributed by atoms with van der Waals surface area (Å²) in [5.41, 5.74) is -0.697. The molecule has 0 bridgehead atoms. The maximum atomic E-state index is 13.2. The lowest BCUT2D eigenvalue weighted by molar-refractivity contribution is -0.152. The van der Waals surface area contributed by atoms with E-state index in [2.05, 4.69) is 25.6 Å². The molecule has 4 atom stereocenters. The molecule has 2 aromatic rings. The van der Waals surface area contributed by atoms with E-state index >= 15 is 0 Å². The number of hydrogen-bond acceptors (Lipinski definition) is 9. The Hall–Kier alpha value is -2.35. The predicted octanol–water partition coefficient (Wildman–Crippen LogP) is -0.892. The zero-order valence-corrected chi connectivity index (χ0v) is 14.7. The molecule has 0 amide bonds. The van der Waals surface area contributed by atoms with Gasteiger partial charge in [-0.3, -0.25) is 4.68 Å². The number of alkyl halides is 3. The molecule has 0 saturated carbocycles. The third-order valence-corrected chi connectivity index (χ3v) is 4.21. The number of aliphatic hydroxyl groups excluding tert-OH is 3. The molecule has 0 unspecified atom stereocenters. The first-order chi connectivity index (χ1) is 13.2. The lowest BCUT2D eigenvalue weighted by Gasteiger charge is -2.37. The molecule has 1 aliphatic heterocycles. The minimum Gasteiger partial charge on any atom is -0.394 e. The molecule has 4 N–H and O–H groups in total. The van der Waals surface area contributed by atoms with Gasteiger partial charge in [-0.05, 0) is 6.07 Å². The normalized spacial score (nSPS) is 25.7. The van der Waals surface area contributed by atoms with E-state index in [1.54, 1.807) is 13.2 Å². The maximum absolute atomic E-state index is 13.2. The lowest BCUT2D eigenvalue weighted by atomic mass is 9.98. The Balaban J connectivity index is 1.84. The number of aryl methyl sites for hydroxylation is 1. The highest BCUT2D eigenvalue weighted by atomic mass is 19.4. The van der Waals surface area contributed by atoms with E-state index in [1.165, 1.54) is 4.68 Å². The molecule has 154 valence electrons. The van der Waals surface area contributed by atoms with Gasteiger partial charge in [0.2, 0.25) is 5.95 Å². The zero-order valence-electron chi connectivity index (χ0n) is 14.7. The monoisotopic (exact) mass is 404 g/mol. The van der Waals surface area contributed by atoms with Crippen LogP contribution in [0.5, 0.6) is 0 Å². The highest BCUT2D eigenvalue weighted by Gasteiger charge is 2.39. The molecule has 2 aromatic heterocycles. The van der Waals surface area contributed by atoms with Crippen molar-refractivity contribution in [1.29, 1.82) is 0 Å². The van der Waals surface area contributed by atoms with E-state index in [4.69, 9.17) is 9.84 Å². The van der Waals surface area contributed by atoms with Gasteiger partial charge in [0.05, 0.1) is 30.6 Å². The molecule has 0 aromatic carbocycles. The summed E-state index contributed by atoms with van der Waals surface area (Å²) in [7, 11) is 1.63. The van der Waals surface area contributed by atoms with E-state index in [1.807, 2.05) is 0 Å². The Morgan fingerprint density at radius 3 is 2.61 bits per heavy atom. The van der Waals surface area contributed by atoms with Gasteiger partial charge >= 0.3 is 6.18 Å². The maximum Gasteiger partial charge on any atom is 0.433 e. The van der Waals surface area contributed by atoms with Gasteiger partial charge in [0.15, 0.2) is 0 Å². The Morgan fingerprint density at radius 1 is 1.25 bits per heavy atom. The average Bonchev–Trinajstić information content (AvgIpc) is 3.03. The van der Waals surface area contributed by atoms with Gasteiger partial charge in [-0.25, -0.2) is 9.97 Å². The summed E-state index contributed by atoms with van der Waals surface area (Å²) < 4.78 is 46.3. The zero-order chi connectivity index (χ0) is 20.5. The predicted molar refractivity (Wildman–Crippen MR) is 87.1 cm³/mol. The highest BCUT2D eigenvalue weighted by molar-refractivity contribution is 5.33. The minimum absolute atomic E-state index is 0.00689. The van der Waals surface area contributed by atoms with Crippen molar-refractivity contribution in [2.24, 2.45) is 7.05 Å². The first-order valence-electron chi connectivity index (χ1n) is 8.33. The van der Waals surface area contributed by atoms with E-state index < -0.39 is 42.8 Å². The van der Waals surface area contributed by atoms with Gasteiger partial charge in [0.1, 0.15) is 24.0 Å². The molecule has 28 heavy (non-hydrogen) atoms. The van der Waals surface area contributed by atoms with Crippen LogP contribution in [0.4, 0.5) is 19.1 Å². The van der Waals surface area contributed by atoms with Crippen molar-refractivity contribution < 1.29 is 33.2 Å². The van der Waals surface area contributed by atoms with Crippen molar-refractivity contribution in [2.45, 2.75) is 37.0 Å². The molecule has 10 nitrogen and oxygen atoms in total. The van der Waals surface area contributed by atoms with Gasteiger partial charge in [-0.1, -0.05) is 5.21 Å². The SMILES string of the molecule is Cn1cc(Cc2cc(C(F)(F)F)nc(N[C@H]3CO[C@H](CO)[C@H](O)[C@@H]3O)n2)nn1. The minimum atomic E-state index is -4.71. The second kappa shape index (κ2) is 7.95. The molecule has 1 aliphatic rings. The van der Waals surface area contributed by atoms with Crippen molar-refractivity contribution in [3.63, 3.8) is 0 Å². The molecule has 0 aliphatic carbocycles. The summed E-state index contributed by atoms with van der Waals surface area (Å²) in [6.45, 7) is -0.671. The molecule has 0 radical (unpaired) electrons. The fourth-order valence-electron chi connectivity index (χ4n) is 2.80. The van der Waals surface area contributed by atoms with E-state index in [9.17, 15) is 23.4 Å². The number of rotatable bonds is 5. The third kappa shape index (κ3) is 4.55. The Bertz CT molecular complexity index is 817. The van der Waals surface area contributed by atoms with Crippen LogP contribution in [0.2, 0.25) is 0 Å². The molecule has 0 spiro atoms. The van der Waals surface area contributed by atoms with Crippen molar-refractivity contribution >= 4 is 5.95 Å². The standard InChI is InChI=1S/C15H19F3N6O4/c1-24-4-8(22-23-24)2-7-3-11(15(16,17)18)21-14(19-7)20-9-6-28-10(5-25)13(27)12(9)26/h3-4,9-10,12-13,25-27H,2,5-6H2,1H3,(H,19,20,21)/t9-,10+,12+,13-/m0/s1. The van der Waals surface area contributed by atoms with E-state index in [0.717, 1.165) is 6.07 Å². The highest BCUT2D eigenvalue weighted by Crippen LogP contribution is 2.29. The van der Waals surface area contributed by atoms with Crippen LogP contribution in [-0.2, 0) is 24.4 Å². The number of nitrogens with zero attached hydrogens (tertiary/aromatic N) is 5. The lowest BCUT2D eigenvalue weighted by Crippen LogP contribution is -2.56. The van der Waals surface area contributed by atoms with Crippen LogP contribution in [0.3, 0.4) is 0 Å². The summed E-state index contributed by atoms with van der Waals surface area (Å²) in [5.74, 6) is -0.379. The second-order valence-corrected chi connectivity index (χ2v) is 6.41. The van der Waals surface area contributed by atoms with Crippen LogP contribution < -0.4 is 5.32 Å². The van der Waals surface area contributed by atoms with Gasteiger partial charge in [-0.2, -0.15) is 13.2 Å². The molecular weight excluding hydrogens is 385 g/mol. The summed E-state index contributed by atoms with van der Waals surface area (Å²) >= 11 is 0. The molecule has 3 rings (SSSR count). The van der Waals surface area contributed by atoms with Crippen LogP contribution in [-0.4, -0.2) is 77.8 Å². The Morgan fingerprint density at radius 2 is 2.00 bits per heavy atom. The van der Waals surface area contributed by atoms with Crippen LogP contribution in [0, 0.1) is 0 Å². The van der Waals surface area contributed by atoms with Crippen LogP contribution in [0.25, 0.3) is 0 Å². The van der Waals surface area contributed by atoms with E-state index in [-0.39, 0.29) is 24.7 Å². The van der Waals surface area contributed by atoms with Gasteiger partial charge in [-0.15, -0.1) is 5.10 Å². The van der Waals surface area contributed by atoms with Crippen LogP contribution >= 0.6 is 0 Å². The Kier molecular flexibility index (Phi) is 5.79. The van der Waals surface area contributed by atoms with Gasteiger partial charge < -0.3 is 25.4 Å². The number of ether oxygens (including phenoxy) is 1. The third-order valence-electron chi connectivity index (χ3n) is 4.21. The Labute approximate surface area is 157 Å². The van der Waals surface area contributed by atoms with Crippen molar-refractivity contribution in [3.8, 4) is 0 Å². The summed E-state index contributed by atoms with van der Waals surface area (Å²) in [4.78, 5) is 7.51. The van der Waals surface area contributed by atoms with Crippen molar-refractivity contribution in [1.82, 2.24) is 25.0 Å². The van der Waals surface area contributed by atoms with Crippen LogP contribution in [0.1, 0.15) is 17.1 Å². The largest absolute Gasteiger partial charge is 0.433 e. The average molecular weight is 404 g/mol.